The minimum Gasteiger partial charge on any atom is -0.491 e. The summed E-state index contributed by atoms with van der Waals surface area (Å²) in [5, 5.41) is 2.82. The van der Waals surface area contributed by atoms with Gasteiger partial charge in [0.2, 0.25) is 5.91 Å². The molecule has 0 heterocycles. The largest absolute Gasteiger partial charge is 0.491 e. The standard InChI is InChI=1S/C13H18BrNO2/c1-10(2)9-13(16)15-7-8-17-12-6-4-3-5-11(12)14/h3-6,10H,7-9H2,1-2H3,(H,15,16). The van der Waals surface area contributed by atoms with Crippen LogP contribution in [0.5, 0.6) is 5.75 Å². The van der Waals surface area contributed by atoms with Crippen LogP contribution in [0.2, 0.25) is 0 Å². The maximum atomic E-state index is 11.4. The summed E-state index contributed by atoms with van der Waals surface area (Å²) in [5.41, 5.74) is 0. The predicted molar refractivity (Wildman–Crippen MR) is 72.1 cm³/mol. The van der Waals surface area contributed by atoms with Crippen molar-refractivity contribution in [2.45, 2.75) is 20.3 Å². The number of carbonyl (C=O) groups excluding carboxylic acids is 1. The van der Waals surface area contributed by atoms with E-state index in [4.69, 9.17) is 4.74 Å². The van der Waals surface area contributed by atoms with E-state index in [0.717, 1.165) is 10.2 Å². The molecule has 0 spiro atoms. The van der Waals surface area contributed by atoms with Gasteiger partial charge in [-0.2, -0.15) is 0 Å². The smallest absolute Gasteiger partial charge is 0.220 e. The van der Waals surface area contributed by atoms with E-state index < -0.39 is 0 Å². The fraction of sp³-hybridized carbons (Fsp3) is 0.462. The van der Waals surface area contributed by atoms with Gasteiger partial charge >= 0.3 is 0 Å². The van der Waals surface area contributed by atoms with E-state index in [1.165, 1.54) is 0 Å². The normalized spacial score (nSPS) is 10.4. The molecule has 1 N–H and O–H groups in total. The van der Waals surface area contributed by atoms with Gasteiger partial charge < -0.3 is 10.1 Å². The summed E-state index contributed by atoms with van der Waals surface area (Å²) in [6, 6.07) is 7.66. The second-order valence-corrected chi connectivity index (χ2v) is 5.08. The molecule has 0 bridgehead atoms. The van der Waals surface area contributed by atoms with Crippen molar-refractivity contribution in [2.24, 2.45) is 5.92 Å². The highest BCUT2D eigenvalue weighted by Gasteiger charge is 2.04. The van der Waals surface area contributed by atoms with Crippen LogP contribution in [0.1, 0.15) is 20.3 Å². The molecule has 0 aliphatic heterocycles. The fourth-order valence-electron chi connectivity index (χ4n) is 1.36. The lowest BCUT2D eigenvalue weighted by Gasteiger charge is -2.09. The molecule has 4 heteroatoms. The van der Waals surface area contributed by atoms with Gasteiger partial charge in [0.25, 0.3) is 0 Å². The first-order valence-corrected chi connectivity index (χ1v) is 6.53. The summed E-state index contributed by atoms with van der Waals surface area (Å²) in [7, 11) is 0. The Balaban J connectivity index is 2.21. The number of ether oxygens (including phenoxy) is 1. The lowest BCUT2D eigenvalue weighted by atomic mass is 10.1. The number of amides is 1. The summed E-state index contributed by atoms with van der Waals surface area (Å²) in [6.45, 7) is 5.06. The maximum Gasteiger partial charge on any atom is 0.220 e. The number of nitrogens with one attached hydrogen (secondary N) is 1. The van der Waals surface area contributed by atoms with Crippen LogP contribution in [-0.2, 0) is 4.79 Å². The summed E-state index contributed by atoms with van der Waals surface area (Å²) < 4.78 is 6.46. The lowest BCUT2D eigenvalue weighted by molar-refractivity contribution is -0.121. The Morgan fingerprint density at radius 2 is 2.12 bits per heavy atom. The number of halogens is 1. The Morgan fingerprint density at radius 3 is 2.76 bits per heavy atom. The molecule has 1 rings (SSSR count). The van der Waals surface area contributed by atoms with E-state index in [-0.39, 0.29) is 5.91 Å². The summed E-state index contributed by atoms with van der Waals surface area (Å²) in [5.74, 6) is 1.26. The van der Waals surface area contributed by atoms with Crippen molar-refractivity contribution in [2.75, 3.05) is 13.2 Å². The first kappa shape index (κ1) is 14.0. The second kappa shape index (κ2) is 7.33. The Hall–Kier alpha value is -1.03. The van der Waals surface area contributed by atoms with E-state index in [0.29, 0.717) is 25.5 Å². The van der Waals surface area contributed by atoms with E-state index in [9.17, 15) is 4.79 Å². The van der Waals surface area contributed by atoms with Gasteiger partial charge in [-0.3, -0.25) is 4.79 Å². The van der Waals surface area contributed by atoms with Crippen molar-refractivity contribution < 1.29 is 9.53 Å². The average Bonchev–Trinajstić information content (AvgIpc) is 2.25. The van der Waals surface area contributed by atoms with Crippen LogP contribution >= 0.6 is 15.9 Å². The molecule has 0 fully saturated rings. The molecular weight excluding hydrogens is 282 g/mol. The molecular formula is C13H18BrNO2. The summed E-state index contributed by atoms with van der Waals surface area (Å²) in [4.78, 5) is 11.4. The van der Waals surface area contributed by atoms with Crippen LogP contribution in [0.3, 0.4) is 0 Å². The highest BCUT2D eigenvalue weighted by Crippen LogP contribution is 2.23. The van der Waals surface area contributed by atoms with Crippen molar-refractivity contribution in [1.29, 1.82) is 0 Å². The Bertz CT molecular complexity index is 366. The molecule has 1 aromatic carbocycles. The van der Waals surface area contributed by atoms with Crippen molar-refractivity contribution >= 4 is 21.8 Å². The predicted octanol–water partition coefficient (Wildman–Crippen LogP) is 2.99. The molecule has 0 atom stereocenters. The van der Waals surface area contributed by atoms with Gasteiger partial charge in [-0.15, -0.1) is 0 Å². The quantitative estimate of drug-likeness (QED) is 0.820. The van der Waals surface area contributed by atoms with Crippen LogP contribution in [0, 0.1) is 5.92 Å². The number of hydrogen-bond acceptors (Lipinski definition) is 2. The first-order chi connectivity index (χ1) is 8.09. The first-order valence-electron chi connectivity index (χ1n) is 5.73. The highest BCUT2D eigenvalue weighted by atomic mass is 79.9. The molecule has 1 amide bonds. The lowest BCUT2D eigenvalue weighted by Crippen LogP contribution is -2.28. The molecule has 0 aliphatic rings. The third kappa shape index (κ3) is 5.73. The monoisotopic (exact) mass is 299 g/mol. The molecule has 0 saturated heterocycles. The van der Waals surface area contributed by atoms with E-state index in [1.807, 2.05) is 38.1 Å². The zero-order chi connectivity index (χ0) is 12.7. The van der Waals surface area contributed by atoms with Crippen molar-refractivity contribution in [3.63, 3.8) is 0 Å². The topological polar surface area (TPSA) is 38.3 Å². The number of rotatable bonds is 6. The number of para-hydroxylation sites is 1. The van der Waals surface area contributed by atoms with Crippen molar-refractivity contribution in [3.05, 3.63) is 28.7 Å². The second-order valence-electron chi connectivity index (χ2n) is 4.23. The zero-order valence-corrected chi connectivity index (χ0v) is 11.8. The van der Waals surface area contributed by atoms with E-state index in [1.54, 1.807) is 0 Å². The molecule has 17 heavy (non-hydrogen) atoms. The highest BCUT2D eigenvalue weighted by molar-refractivity contribution is 9.10. The molecule has 94 valence electrons. The van der Waals surface area contributed by atoms with Gasteiger partial charge in [0.15, 0.2) is 0 Å². The summed E-state index contributed by atoms with van der Waals surface area (Å²) in [6.07, 6.45) is 0.565. The van der Waals surface area contributed by atoms with E-state index >= 15 is 0 Å². The molecule has 1 aromatic rings. The maximum absolute atomic E-state index is 11.4. The van der Waals surface area contributed by atoms with Gasteiger partial charge in [-0.1, -0.05) is 26.0 Å². The average molecular weight is 300 g/mol. The molecule has 0 aliphatic carbocycles. The molecule has 0 unspecified atom stereocenters. The third-order valence-corrected chi connectivity index (χ3v) is 2.77. The summed E-state index contributed by atoms with van der Waals surface area (Å²) >= 11 is 3.40. The van der Waals surface area contributed by atoms with Crippen LogP contribution in [0.4, 0.5) is 0 Å². The van der Waals surface area contributed by atoms with Gasteiger partial charge in [-0.25, -0.2) is 0 Å². The van der Waals surface area contributed by atoms with Crippen LogP contribution in [0.15, 0.2) is 28.7 Å². The fourth-order valence-corrected chi connectivity index (χ4v) is 1.76. The van der Waals surface area contributed by atoms with Crippen molar-refractivity contribution in [1.82, 2.24) is 5.32 Å². The van der Waals surface area contributed by atoms with Gasteiger partial charge in [0.1, 0.15) is 12.4 Å². The van der Waals surface area contributed by atoms with E-state index in [2.05, 4.69) is 21.2 Å². The molecule has 3 nitrogen and oxygen atoms in total. The van der Waals surface area contributed by atoms with Gasteiger partial charge in [-0.05, 0) is 34.0 Å². The van der Waals surface area contributed by atoms with Crippen molar-refractivity contribution in [3.8, 4) is 5.75 Å². The Labute approximate surface area is 111 Å². The van der Waals surface area contributed by atoms with Gasteiger partial charge in [0.05, 0.1) is 11.0 Å². The van der Waals surface area contributed by atoms with Gasteiger partial charge in [0, 0.05) is 6.42 Å². The number of benzene rings is 1. The number of carbonyl (C=O) groups is 1. The van der Waals surface area contributed by atoms with Crippen LogP contribution < -0.4 is 10.1 Å². The minimum absolute atomic E-state index is 0.0794. The Morgan fingerprint density at radius 1 is 1.41 bits per heavy atom. The third-order valence-electron chi connectivity index (χ3n) is 2.11. The van der Waals surface area contributed by atoms with Crippen LogP contribution in [0.25, 0.3) is 0 Å². The zero-order valence-electron chi connectivity index (χ0n) is 10.2. The SMILES string of the molecule is CC(C)CC(=O)NCCOc1ccccc1Br. The Kier molecular flexibility index (Phi) is 6.05. The number of hydrogen-bond donors (Lipinski definition) is 1. The molecule has 0 saturated carbocycles. The van der Waals surface area contributed by atoms with Crippen LogP contribution in [-0.4, -0.2) is 19.1 Å². The molecule has 0 aromatic heterocycles. The minimum atomic E-state index is 0.0794. The molecule has 0 radical (unpaired) electrons.